The zero-order chi connectivity index (χ0) is 24.8. The van der Waals surface area contributed by atoms with Crippen molar-refractivity contribution in [3.63, 3.8) is 0 Å². The molecule has 1 amide bonds. The molecule has 1 unspecified atom stereocenters. The number of carbonyl (C=O) groups excluding carboxylic acids is 1. The molecule has 0 spiro atoms. The van der Waals surface area contributed by atoms with E-state index in [4.69, 9.17) is 4.74 Å². The Morgan fingerprint density at radius 1 is 0.971 bits per heavy atom. The summed E-state index contributed by atoms with van der Waals surface area (Å²) in [7, 11) is 0. The number of aliphatic carboxylic acids is 1. The van der Waals surface area contributed by atoms with E-state index in [1.54, 1.807) is 24.3 Å². The first-order valence-electron chi connectivity index (χ1n) is 10.8. The topological polar surface area (TPSA) is 133 Å². The Kier molecular flexibility index (Phi) is 6.88. The molecule has 8 nitrogen and oxygen atoms in total. The Morgan fingerprint density at radius 2 is 1.66 bits per heavy atom. The molecular weight excluding hydrogens is 446 g/mol. The number of nitriles is 1. The van der Waals surface area contributed by atoms with E-state index in [0.717, 1.165) is 5.56 Å². The van der Waals surface area contributed by atoms with Crippen molar-refractivity contribution < 1.29 is 24.5 Å². The number of fused-ring (bicyclic) bond motifs is 1. The van der Waals surface area contributed by atoms with Crippen LogP contribution in [0.3, 0.4) is 0 Å². The highest BCUT2D eigenvalue weighted by Crippen LogP contribution is 2.33. The number of carboxylic acids is 1. The van der Waals surface area contributed by atoms with Gasteiger partial charge < -0.3 is 20.3 Å². The lowest BCUT2D eigenvalue weighted by Crippen LogP contribution is -2.34. The highest BCUT2D eigenvalue weighted by atomic mass is 16.5. The zero-order valence-corrected chi connectivity index (χ0v) is 18.5. The third-order valence-electron chi connectivity index (χ3n) is 5.43. The Labute approximate surface area is 201 Å². The van der Waals surface area contributed by atoms with Crippen molar-refractivity contribution in [2.24, 2.45) is 5.92 Å². The summed E-state index contributed by atoms with van der Waals surface area (Å²) < 4.78 is 5.79. The van der Waals surface area contributed by atoms with Crippen molar-refractivity contribution in [3.8, 4) is 23.3 Å². The average molecular weight is 467 g/mol. The van der Waals surface area contributed by atoms with Gasteiger partial charge in [-0.05, 0) is 42.3 Å². The molecule has 1 atom stereocenters. The first kappa shape index (κ1) is 23.3. The van der Waals surface area contributed by atoms with Crippen LogP contribution in [0.2, 0.25) is 0 Å². The second-order valence-electron chi connectivity index (χ2n) is 7.83. The van der Waals surface area contributed by atoms with Crippen molar-refractivity contribution >= 4 is 22.6 Å². The van der Waals surface area contributed by atoms with Gasteiger partial charge in [-0.1, -0.05) is 48.5 Å². The first-order valence-corrected chi connectivity index (χ1v) is 10.8. The van der Waals surface area contributed by atoms with Gasteiger partial charge in [-0.2, -0.15) is 5.26 Å². The molecule has 1 heterocycles. The lowest BCUT2D eigenvalue weighted by atomic mass is 9.99. The number of ether oxygens (including phenoxy) is 1. The lowest BCUT2D eigenvalue weighted by molar-refractivity contribution is -0.141. The van der Waals surface area contributed by atoms with Gasteiger partial charge in [0.05, 0.1) is 5.92 Å². The Bertz CT molecular complexity index is 1420. The van der Waals surface area contributed by atoms with Crippen molar-refractivity contribution in [2.75, 3.05) is 6.54 Å². The molecule has 0 saturated heterocycles. The summed E-state index contributed by atoms with van der Waals surface area (Å²) in [5, 5.41) is 33.0. The molecule has 3 aromatic carbocycles. The van der Waals surface area contributed by atoms with Crippen LogP contribution >= 0.6 is 0 Å². The number of pyridine rings is 1. The summed E-state index contributed by atoms with van der Waals surface area (Å²) >= 11 is 0. The van der Waals surface area contributed by atoms with Gasteiger partial charge in [0.2, 0.25) is 0 Å². The quantitative estimate of drug-likeness (QED) is 0.352. The van der Waals surface area contributed by atoms with Crippen molar-refractivity contribution in [3.05, 3.63) is 95.8 Å². The SMILES string of the molecule is N#Cc1nc(C(=O)NCC(Cc2ccccc2)C(=O)O)c(O)c2ccc(Oc3ccccc3)cc12. The van der Waals surface area contributed by atoms with Crippen molar-refractivity contribution in [1.29, 1.82) is 5.26 Å². The number of nitrogens with zero attached hydrogens (tertiary/aromatic N) is 2. The average Bonchev–Trinajstić information content (AvgIpc) is 2.87. The number of aromatic nitrogens is 1. The highest BCUT2D eigenvalue weighted by molar-refractivity contribution is 6.03. The van der Waals surface area contributed by atoms with Gasteiger partial charge in [0.1, 0.15) is 23.3 Å². The molecule has 0 aliphatic carbocycles. The molecule has 0 bridgehead atoms. The minimum absolute atomic E-state index is 0.0690. The monoisotopic (exact) mass is 467 g/mol. The van der Waals surface area contributed by atoms with Crippen LogP contribution < -0.4 is 10.1 Å². The lowest BCUT2D eigenvalue weighted by Gasteiger charge is -2.15. The van der Waals surface area contributed by atoms with E-state index in [1.165, 1.54) is 6.07 Å². The molecule has 0 saturated carbocycles. The molecule has 0 aliphatic rings. The number of amides is 1. The first-order chi connectivity index (χ1) is 17.0. The smallest absolute Gasteiger partial charge is 0.308 e. The Balaban J connectivity index is 1.57. The molecule has 0 fully saturated rings. The summed E-state index contributed by atoms with van der Waals surface area (Å²) in [5.74, 6) is -2.08. The fraction of sp³-hybridized carbons (Fsp3) is 0.111. The summed E-state index contributed by atoms with van der Waals surface area (Å²) in [4.78, 5) is 28.5. The number of aromatic hydroxyl groups is 1. The molecule has 1 aromatic heterocycles. The largest absolute Gasteiger partial charge is 0.505 e. The maximum absolute atomic E-state index is 12.8. The number of nitrogens with one attached hydrogen (secondary N) is 1. The van der Waals surface area contributed by atoms with Gasteiger partial charge >= 0.3 is 5.97 Å². The minimum Gasteiger partial charge on any atom is -0.505 e. The number of para-hydroxylation sites is 1. The molecular formula is C27H21N3O5. The molecule has 8 heteroatoms. The summed E-state index contributed by atoms with van der Waals surface area (Å²) in [6.07, 6.45) is 0.223. The fourth-order valence-electron chi connectivity index (χ4n) is 3.65. The number of carbonyl (C=O) groups is 2. The minimum atomic E-state index is -1.06. The van der Waals surface area contributed by atoms with Crippen LogP contribution in [0.4, 0.5) is 0 Å². The van der Waals surface area contributed by atoms with Gasteiger partial charge in [0, 0.05) is 17.3 Å². The van der Waals surface area contributed by atoms with Crippen molar-refractivity contribution in [1.82, 2.24) is 10.3 Å². The second kappa shape index (κ2) is 10.4. The van der Waals surface area contributed by atoms with E-state index in [1.807, 2.05) is 54.6 Å². The molecule has 3 N–H and O–H groups in total. The summed E-state index contributed by atoms with van der Waals surface area (Å²) in [5.41, 5.74) is 0.399. The predicted octanol–water partition coefficient (Wildman–Crippen LogP) is 4.28. The van der Waals surface area contributed by atoms with Crippen LogP contribution in [-0.2, 0) is 11.2 Å². The molecule has 0 radical (unpaired) electrons. The fourth-order valence-corrected chi connectivity index (χ4v) is 3.65. The standard InChI is InChI=1S/C27H21N3O5/c28-15-23-22-14-20(35-19-9-5-2-6-10-19)11-12-21(22)25(31)24(30-23)26(32)29-16-18(27(33)34)13-17-7-3-1-4-8-17/h1-12,14,18,31H,13,16H2,(H,29,32)(H,33,34). The van der Waals surface area contributed by atoms with Gasteiger partial charge in [-0.15, -0.1) is 0 Å². The van der Waals surface area contributed by atoms with Crippen molar-refractivity contribution in [2.45, 2.75) is 6.42 Å². The molecule has 4 rings (SSSR count). The third kappa shape index (κ3) is 5.37. The van der Waals surface area contributed by atoms with Crippen LogP contribution in [0.15, 0.2) is 78.9 Å². The van der Waals surface area contributed by atoms with Crippen LogP contribution in [0.25, 0.3) is 10.8 Å². The van der Waals surface area contributed by atoms with E-state index < -0.39 is 23.5 Å². The molecule has 0 aliphatic heterocycles. The number of hydrogen-bond acceptors (Lipinski definition) is 6. The molecule has 174 valence electrons. The van der Waals surface area contributed by atoms with Crippen LogP contribution in [0, 0.1) is 17.2 Å². The Morgan fingerprint density at radius 3 is 2.31 bits per heavy atom. The van der Waals surface area contributed by atoms with Crippen LogP contribution in [-0.4, -0.2) is 33.6 Å². The summed E-state index contributed by atoms with van der Waals surface area (Å²) in [6.45, 7) is -0.173. The van der Waals surface area contributed by atoms with E-state index in [0.29, 0.717) is 16.9 Å². The van der Waals surface area contributed by atoms with E-state index >= 15 is 0 Å². The maximum Gasteiger partial charge on any atom is 0.308 e. The summed E-state index contributed by atoms with van der Waals surface area (Å²) in [6, 6.07) is 24.8. The third-order valence-corrected chi connectivity index (χ3v) is 5.43. The normalized spacial score (nSPS) is 11.4. The van der Waals surface area contributed by atoms with E-state index in [9.17, 15) is 25.1 Å². The van der Waals surface area contributed by atoms with Gasteiger partial charge in [-0.25, -0.2) is 4.98 Å². The number of rotatable bonds is 8. The number of benzene rings is 3. The van der Waals surface area contributed by atoms with Crippen LogP contribution in [0.1, 0.15) is 21.7 Å². The maximum atomic E-state index is 12.8. The highest BCUT2D eigenvalue weighted by Gasteiger charge is 2.23. The van der Waals surface area contributed by atoms with Crippen LogP contribution in [0.5, 0.6) is 17.2 Å². The van der Waals surface area contributed by atoms with E-state index in [-0.39, 0.29) is 29.7 Å². The van der Waals surface area contributed by atoms with E-state index in [2.05, 4.69) is 10.3 Å². The Hall–Kier alpha value is -4.90. The molecule has 4 aromatic rings. The number of hydrogen-bond donors (Lipinski definition) is 3. The van der Waals surface area contributed by atoms with Gasteiger partial charge in [0.15, 0.2) is 11.4 Å². The van der Waals surface area contributed by atoms with Gasteiger partial charge in [-0.3, -0.25) is 9.59 Å². The molecule has 35 heavy (non-hydrogen) atoms. The number of carboxylic acid groups (broad SMARTS) is 1. The zero-order valence-electron chi connectivity index (χ0n) is 18.5. The van der Waals surface area contributed by atoms with Gasteiger partial charge in [0.25, 0.3) is 5.91 Å². The predicted molar refractivity (Wildman–Crippen MR) is 128 cm³/mol. The second-order valence-corrected chi connectivity index (χ2v) is 7.83.